The van der Waals surface area contributed by atoms with Gasteiger partial charge in [-0.1, -0.05) is 17.7 Å². The van der Waals surface area contributed by atoms with Gasteiger partial charge in [0.15, 0.2) is 0 Å². The van der Waals surface area contributed by atoms with Gasteiger partial charge in [0.25, 0.3) is 5.91 Å². The molecule has 1 fully saturated rings. The molecule has 1 amide bonds. The number of likely N-dealkylation sites (N-methyl/N-ethyl adjacent to an activating group) is 1. The average Bonchev–Trinajstić information content (AvgIpc) is 2.72. The molecule has 1 heterocycles. The van der Waals surface area contributed by atoms with E-state index in [4.69, 9.17) is 17.3 Å². The van der Waals surface area contributed by atoms with Crippen molar-refractivity contribution in [1.29, 1.82) is 0 Å². The van der Waals surface area contributed by atoms with Crippen LogP contribution in [-0.2, 0) is 0 Å². The van der Waals surface area contributed by atoms with Gasteiger partial charge < -0.3 is 16.0 Å². The zero-order chi connectivity index (χ0) is 13.1. The fraction of sp³-hybridized carbons (Fsp3) is 0.462. The smallest absolute Gasteiger partial charge is 0.254 e. The fourth-order valence-electron chi connectivity index (χ4n) is 2.32. The molecule has 18 heavy (non-hydrogen) atoms. The number of likely N-dealkylation sites (tertiary alicyclic amines) is 1. The van der Waals surface area contributed by atoms with Crippen molar-refractivity contribution in [2.24, 2.45) is 0 Å². The molecule has 4 nitrogen and oxygen atoms in total. The summed E-state index contributed by atoms with van der Waals surface area (Å²) >= 11 is 6.00. The summed E-state index contributed by atoms with van der Waals surface area (Å²) in [7, 11) is 2.08. The highest BCUT2D eigenvalue weighted by atomic mass is 35.5. The molecular formula is C13H18ClN3O. The van der Waals surface area contributed by atoms with E-state index in [9.17, 15) is 4.79 Å². The van der Waals surface area contributed by atoms with E-state index < -0.39 is 0 Å². The zero-order valence-electron chi connectivity index (χ0n) is 10.4. The van der Waals surface area contributed by atoms with Gasteiger partial charge >= 0.3 is 0 Å². The summed E-state index contributed by atoms with van der Waals surface area (Å²) in [5.74, 6) is -0.196. The van der Waals surface area contributed by atoms with E-state index in [1.165, 1.54) is 6.42 Å². The van der Waals surface area contributed by atoms with Gasteiger partial charge in [0, 0.05) is 18.3 Å². The van der Waals surface area contributed by atoms with Crippen LogP contribution >= 0.6 is 11.6 Å². The molecule has 1 unspecified atom stereocenters. The number of nitrogens with zero attached hydrogens (tertiary/aromatic N) is 1. The average molecular weight is 268 g/mol. The number of hydrogen-bond acceptors (Lipinski definition) is 3. The number of carbonyl (C=O) groups is 1. The summed E-state index contributed by atoms with van der Waals surface area (Å²) in [6.07, 6.45) is 2.31. The lowest BCUT2D eigenvalue weighted by Crippen LogP contribution is -2.38. The minimum absolute atomic E-state index is 0.196. The molecule has 0 spiro atoms. The van der Waals surface area contributed by atoms with Crippen molar-refractivity contribution >= 4 is 23.2 Å². The van der Waals surface area contributed by atoms with Crippen LogP contribution < -0.4 is 11.1 Å². The van der Waals surface area contributed by atoms with Crippen LogP contribution in [0.3, 0.4) is 0 Å². The van der Waals surface area contributed by atoms with Gasteiger partial charge in [0.2, 0.25) is 0 Å². The molecule has 3 N–H and O–H groups in total. The minimum Gasteiger partial charge on any atom is -0.398 e. The first-order valence-electron chi connectivity index (χ1n) is 6.12. The molecule has 1 saturated heterocycles. The van der Waals surface area contributed by atoms with E-state index in [1.54, 1.807) is 18.2 Å². The number of amides is 1. The van der Waals surface area contributed by atoms with Gasteiger partial charge in [-0.2, -0.15) is 0 Å². The molecule has 2 rings (SSSR count). The van der Waals surface area contributed by atoms with E-state index in [1.807, 2.05) is 0 Å². The van der Waals surface area contributed by atoms with E-state index >= 15 is 0 Å². The van der Waals surface area contributed by atoms with Gasteiger partial charge in [0.05, 0.1) is 10.6 Å². The van der Waals surface area contributed by atoms with Crippen molar-refractivity contribution in [1.82, 2.24) is 10.2 Å². The van der Waals surface area contributed by atoms with Gasteiger partial charge in [-0.05, 0) is 38.6 Å². The number of nitrogen functional groups attached to an aromatic ring is 1. The van der Waals surface area contributed by atoms with Crippen molar-refractivity contribution in [3.63, 3.8) is 0 Å². The first-order valence-corrected chi connectivity index (χ1v) is 6.50. The van der Waals surface area contributed by atoms with Crippen LogP contribution in [0.5, 0.6) is 0 Å². The molecule has 0 bridgehead atoms. The topological polar surface area (TPSA) is 58.4 Å². The van der Waals surface area contributed by atoms with Gasteiger partial charge in [-0.3, -0.25) is 4.79 Å². The lowest BCUT2D eigenvalue weighted by molar-refractivity contribution is 0.0944. The SMILES string of the molecule is CN1CCCC1CNC(=O)c1c(N)cccc1Cl. The molecule has 0 saturated carbocycles. The highest BCUT2D eigenvalue weighted by Gasteiger charge is 2.22. The molecule has 1 aliphatic rings. The third kappa shape index (κ3) is 2.76. The lowest BCUT2D eigenvalue weighted by Gasteiger charge is -2.20. The quantitative estimate of drug-likeness (QED) is 0.821. The standard InChI is InChI=1S/C13H18ClN3O/c1-17-7-3-4-9(17)8-16-13(18)12-10(14)5-2-6-11(12)15/h2,5-6,9H,3-4,7-8,15H2,1H3,(H,16,18). The van der Waals surface area contributed by atoms with E-state index in [-0.39, 0.29) is 5.91 Å². The maximum Gasteiger partial charge on any atom is 0.254 e. The predicted octanol–water partition coefficient (Wildman–Crippen LogP) is 1.75. The predicted molar refractivity (Wildman–Crippen MR) is 73.8 cm³/mol. The Balaban J connectivity index is 1.99. The zero-order valence-corrected chi connectivity index (χ0v) is 11.2. The van der Waals surface area contributed by atoms with Gasteiger partial charge in [-0.25, -0.2) is 0 Å². The van der Waals surface area contributed by atoms with Crippen molar-refractivity contribution in [2.75, 3.05) is 25.9 Å². The summed E-state index contributed by atoms with van der Waals surface area (Å²) in [5, 5.41) is 3.30. The maximum atomic E-state index is 12.1. The number of hydrogen-bond donors (Lipinski definition) is 2. The third-order valence-corrected chi connectivity index (χ3v) is 3.76. The molecule has 1 atom stereocenters. The summed E-state index contributed by atoms with van der Waals surface area (Å²) in [5.41, 5.74) is 6.57. The second kappa shape index (κ2) is 5.59. The van der Waals surface area contributed by atoms with Crippen LogP contribution in [0.1, 0.15) is 23.2 Å². The van der Waals surface area contributed by atoms with Gasteiger partial charge in [-0.15, -0.1) is 0 Å². The second-order valence-electron chi connectivity index (χ2n) is 4.69. The van der Waals surface area contributed by atoms with Crippen molar-refractivity contribution in [3.05, 3.63) is 28.8 Å². The van der Waals surface area contributed by atoms with Crippen molar-refractivity contribution in [2.45, 2.75) is 18.9 Å². The van der Waals surface area contributed by atoms with Crippen molar-refractivity contribution < 1.29 is 4.79 Å². The van der Waals surface area contributed by atoms with Crippen LogP contribution in [0.4, 0.5) is 5.69 Å². The Bertz CT molecular complexity index is 430. The number of halogens is 1. The molecule has 5 heteroatoms. The highest BCUT2D eigenvalue weighted by Crippen LogP contribution is 2.22. The summed E-state index contributed by atoms with van der Waals surface area (Å²) < 4.78 is 0. The second-order valence-corrected chi connectivity index (χ2v) is 5.10. The highest BCUT2D eigenvalue weighted by molar-refractivity contribution is 6.34. The molecule has 0 aliphatic carbocycles. The lowest BCUT2D eigenvalue weighted by atomic mass is 10.1. The van der Waals surface area contributed by atoms with Crippen LogP contribution in [0, 0.1) is 0 Å². The first-order chi connectivity index (χ1) is 8.59. The monoisotopic (exact) mass is 267 g/mol. The summed E-state index contributed by atoms with van der Waals surface area (Å²) in [6.45, 7) is 1.73. The Labute approximate surface area is 112 Å². The molecule has 0 radical (unpaired) electrons. The summed E-state index contributed by atoms with van der Waals surface area (Å²) in [6, 6.07) is 5.51. The normalized spacial score (nSPS) is 20.0. The molecule has 98 valence electrons. The Morgan fingerprint density at radius 1 is 1.61 bits per heavy atom. The van der Waals surface area contributed by atoms with E-state index in [0.717, 1.165) is 13.0 Å². The number of nitrogens with two attached hydrogens (primary N) is 1. The van der Waals surface area contributed by atoms with E-state index in [0.29, 0.717) is 28.9 Å². The molecule has 1 aliphatic heterocycles. The number of nitrogens with one attached hydrogen (secondary N) is 1. The molecule has 1 aromatic rings. The maximum absolute atomic E-state index is 12.1. The first kappa shape index (κ1) is 13.2. The Morgan fingerprint density at radius 3 is 3.00 bits per heavy atom. The van der Waals surface area contributed by atoms with E-state index in [2.05, 4.69) is 17.3 Å². The van der Waals surface area contributed by atoms with Gasteiger partial charge in [0.1, 0.15) is 0 Å². The number of anilines is 1. The van der Waals surface area contributed by atoms with Crippen LogP contribution in [-0.4, -0.2) is 37.0 Å². The molecule has 1 aromatic carbocycles. The Morgan fingerprint density at radius 2 is 2.39 bits per heavy atom. The molecular weight excluding hydrogens is 250 g/mol. The number of rotatable bonds is 3. The largest absolute Gasteiger partial charge is 0.398 e. The number of carbonyl (C=O) groups excluding carboxylic acids is 1. The fourth-order valence-corrected chi connectivity index (χ4v) is 2.58. The molecule has 0 aromatic heterocycles. The Kier molecular flexibility index (Phi) is 4.09. The number of benzene rings is 1. The minimum atomic E-state index is -0.196. The van der Waals surface area contributed by atoms with Crippen LogP contribution in [0.25, 0.3) is 0 Å². The van der Waals surface area contributed by atoms with Crippen LogP contribution in [0.15, 0.2) is 18.2 Å². The van der Waals surface area contributed by atoms with Crippen LogP contribution in [0.2, 0.25) is 5.02 Å². The van der Waals surface area contributed by atoms with Crippen molar-refractivity contribution in [3.8, 4) is 0 Å². The Hall–Kier alpha value is -1.26. The summed E-state index contributed by atoms with van der Waals surface area (Å²) in [4.78, 5) is 14.3. The third-order valence-electron chi connectivity index (χ3n) is 3.44.